The number of rotatable bonds is 4. The Labute approximate surface area is 111 Å². The number of hydrogen-bond donors (Lipinski definition) is 0. The van der Waals surface area contributed by atoms with Crippen molar-refractivity contribution in [2.45, 2.75) is 77.2 Å². The van der Waals surface area contributed by atoms with Crippen LogP contribution in [-0.2, 0) is 9.53 Å². The SMILES string of the molecule is CCOC1(C(=O)C2CCC(C)CC2)CCCCC1. The van der Waals surface area contributed by atoms with E-state index in [9.17, 15) is 4.79 Å². The van der Waals surface area contributed by atoms with Crippen molar-refractivity contribution >= 4 is 5.78 Å². The average molecular weight is 252 g/mol. The number of ketones is 1. The van der Waals surface area contributed by atoms with Gasteiger partial charge < -0.3 is 4.74 Å². The van der Waals surface area contributed by atoms with Crippen molar-refractivity contribution < 1.29 is 9.53 Å². The molecule has 0 aromatic heterocycles. The lowest BCUT2D eigenvalue weighted by Gasteiger charge is -2.39. The molecule has 0 unspecified atom stereocenters. The summed E-state index contributed by atoms with van der Waals surface area (Å²) in [7, 11) is 0. The molecule has 0 bridgehead atoms. The van der Waals surface area contributed by atoms with Gasteiger partial charge in [-0.3, -0.25) is 4.79 Å². The van der Waals surface area contributed by atoms with Crippen molar-refractivity contribution in [3.05, 3.63) is 0 Å². The van der Waals surface area contributed by atoms with Gasteiger partial charge in [0.2, 0.25) is 0 Å². The molecule has 0 heterocycles. The fourth-order valence-electron chi connectivity index (χ4n) is 3.76. The van der Waals surface area contributed by atoms with Crippen molar-refractivity contribution in [3.63, 3.8) is 0 Å². The minimum atomic E-state index is -0.405. The number of carbonyl (C=O) groups is 1. The van der Waals surface area contributed by atoms with Crippen LogP contribution in [0.2, 0.25) is 0 Å². The molecular formula is C16H28O2. The molecule has 2 fully saturated rings. The van der Waals surface area contributed by atoms with Crippen LogP contribution in [0.4, 0.5) is 0 Å². The summed E-state index contributed by atoms with van der Waals surface area (Å²) in [6, 6.07) is 0. The minimum Gasteiger partial charge on any atom is -0.367 e. The number of hydrogen-bond acceptors (Lipinski definition) is 2. The zero-order valence-corrected chi connectivity index (χ0v) is 12.0. The summed E-state index contributed by atoms with van der Waals surface area (Å²) in [5.74, 6) is 1.53. The molecule has 2 heteroatoms. The first-order chi connectivity index (χ1) is 8.68. The summed E-state index contributed by atoms with van der Waals surface area (Å²) in [6.45, 7) is 5.00. The molecule has 0 aromatic carbocycles. The van der Waals surface area contributed by atoms with E-state index in [1.165, 1.54) is 19.3 Å². The summed E-state index contributed by atoms with van der Waals surface area (Å²) < 4.78 is 5.96. The van der Waals surface area contributed by atoms with Crippen LogP contribution in [0.25, 0.3) is 0 Å². The maximum atomic E-state index is 12.8. The summed E-state index contributed by atoms with van der Waals surface area (Å²) in [5, 5.41) is 0. The van der Waals surface area contributed by atoms with Crippen LogP contribution in [-0.4, -0.2) is 18.0 Å². The molecule has 2 aliphatic rings. The highest BCUT2D eigenvalue weighted by molar-refractivity contribution is 5.89. The van der Waals surface area contributed by atoms with Crippen molar-refractivity contribution in [1.82, 2.24) is 0 Å². The highest BCUT2D eigenvalue weighted by atomic mass is 16.5. The molecular weight excluding hydrogens is 224 g/mol. The highest BCUT2D eigenvalue weighted by Gasteiger charge is 2.43. The predicted octanol–water partition coefficient (Wildman–Crippen LogP) is 4.12. The second kappa shape index (κ2) is 6.18. The zero-order chi connectivity index (χ0) is 13.0. The van der Waals surface area contributed by atoms with Gasteiger partial charge in [0.1, 0.15) is 5.60 Å². The van der Waals surface area contributed by atoms with E-state index in [1.807, 2.05) is 6.92 Å². The maximum Gasteiger partial charge on any atom is 0.167 e. The zero-order valence-electron chi connectivity index (χ0n) is 12.0. The van der Waals surface area contributed by atoms with Crippen LogP contribution in [0, 0.1) is 11.8 Å². The maximum absolute atomic E-state index is 12.8. The standard InChI is InChI=1S/C16H28O2/c1-3-18-16(11-5-4-6-12-16)15(17)14-9-7-13(2)8-10-14/h13-14H,3-12H2,1-2H3. The van der Waals surface area contributed by atoms with Gasteiger partial charge in [-0.1, -0.05) is 39.0 Å². The molecule has 0 radical (unpaired) electrons. The molecule has 2 rings (SSSR count). The smallest absolute Gasteiger partial charge is 0.167 e. The van der Waals surface area contributed by atoms with E-state index in [1.54, 1.807) is 0 Å². The quantitative estimate of drug-likeness (QED) is 0.752. The van der Waals surface area contributed by atoms with Crippen LogP contribution in [0.1, 0.15) is 71.6 Å². The van der Waals surface area contributed by atoms with Gasteiger partial charge in [0.05, 0.1) is 0 Å². The second-order valence-electron chi connectivity index (χ2n) is 6.31. The Bertz CT molecular complexity index is 265. The molecule has 2 saturated carbocycles. The fourth-order valence-corrected chi connectivity index (χ4v) is 3.76. The van der Waals surface area contributed by atoms with Crippen LogP contribution < -0.4 is 0 Å². The van der Waals surface area contributed by atoms with Crippen molar-refractivity contribution in [2.24, 2.45) is 11.8 Å². The largest absolute Gasteiger partial charge is 0.367 e. The minimum absolute atomic E-state index is 0.283. The molecule has 0 aliphatic heterocycles. The third kappa shape index (κ3) is 2.96. The van der Waals surface area contributed by atoms with Gasteiger partial charge in [0, 0.05) is 12.5 Å². The van der Waals surface area contributed by atoms with Gasteiger partial charge in [0.25, 0.3) is 0 Å². The second-order valence-corrected chi connectivity index (χ2v) is 6.31. The van der Waals surface area contributed by atoms with E-state index in [2.05, 4.69) is 6.92 Å². The van der Waals surface area contributed by atoms with Gasteiger partial charge in [-0.15, -0.1) is 0 Å². The van der Waals surface area contributed by atoms with E-state index in [-0.39, 0.29) is 5.92 Å². The first-order valence-corrected chi connectivity index (χ1v) is 7.86. The van der Waals surface area contributed by atoms with E-state index in [0.29, 0.717) is 12.4 Å². The molecule has 0 saturated heterocycles. The van der Waals surface area contributed by atoms with Crippen molar-refractivity contribution in [2.75, 3.05) is 6.61 Å². The van der Waals surface area contributed by atoms with Crippen molar-refractivity contribution in [3.8, 4) is 0 Å². The highest BCUT2D eigenvalue weighted by Crippen LogP contribution is 2.39. The van der Waals surface area contributed by atoms with Gasteiger partial charge in [-0.05, 0) is 38.5 Å². The summed E-state index contributed by atoms with van der Waals surface area (Å²) in [4.78, 5) is 12.8. The van der Waals surface area contributed by atoms with Crippen molar-refractivity contribution in [1.29, 1.82) is 0 Å². The van der Waals surface area contributed by atoms with E-state index in [0.717, 1.165) is 44.4 Å². The van der Waals surface area contributed by atoms with E-state index in [4.69, 9.17) is 4.74 Å². The number of carbonyl (C=O) groups excluding carboxylic acids is 1. The topological polar surface area (TPSA) is 26.3 Å². The summed E-state index contributed by atoms with van der Waals surface area (Å²) >= 11 is 0. The molecule has 0 aromatic rings. The first kappa shape index (κ1) is 14.0. The molecule has 0 amide bonds. The fraction of sp³-hybridized carbons (Fsp3) is 0.938. The lowest BCUT2D eigenvalue weighted by molar-refractivity contribution is -0.154. The predicted molar refractivity (Wildman–Crippen MR) is 73.6 cm³/mol. The number of ether oxygens (including phenoxy) is 1. The van der Waals surface area contributed by atoms with E-state index < -0.39 is 5.60 Å². The Balaban J connectivity index is 2.03. The third-order valence-electron chi connectivity index (χ3n) is 4.92. The Morgan fingerprint density at radius 3 is 2.28 bits per heavy atom. The van der Waals surface area contributed by atoms with Gasteiger partial charge in [-0.2, -0.15) is 0 Å². The first-order valence-electron chi connectivity index (χ1n) is 7.86. The third-order valence-corrected chi connectivity index (χ3v) is 4.92. The Morgan fingerprint density at radius 2 is 1.72 bits per heavy atom. The Kier molecular flexibility index (Phi) is 4.83. The van der Waals surface area contributed by atoms with Gasteiger partial charge in [-0.25, -0.2) is 0 Å². The van der Waals surface area contributed by atoms with Crippen LogP contribution in [0.3, 0.4) is 0 Å². The van der Waals surface area contributed by atoms with Crippen LogP contribution in [0.15, 0.2) is 0 Å². The Hall–Kier alpha value is -0.370. The van der Waals surface area contributed by atoms with Gasteiger partial charge >= 0.3 is 0 Å². The molecule has 0 spiro atoms. The Morgan fingerprint density at radius 1 is 1.11 bits per heavy atom. The normalized spacial score (nSPS) is 32.1. The van der Waals surface area contributed by atoms with Gasteiger partial charge in [0.15, 0.2) is 5.78 Å². The molecule has 18 heavy (non-hydrogen) atoms. The molecule has 104 valence electrons. The average Bonchev–Trinajstić information content (AvgIpc) is 2.40. The lowest BCUT2D eigenvalue weighted by atomic mass is 9.72. The summed E-state index contributed by atoms with van der Waals surface area (Å²) in [5.41, 5.74) is -0.405. The number of Topliss-reactive ketones (excluding diaryl/α,β-unsaturated/α-hetero) is 1. The molecule has 0 N–H and O–H groups in total. The molecule has 0 atom stereocenters. The van der Waals surface area contributed by atoms with Crippen LogP contribution in [0.5, 0.6) is 0 Å². The van der Waals surface area contributed by atoms with E-state index >= 15 is 0 Å². The lowest BCUT2D eigenvalue weighted by Crippen LogP contribution is -2.47. The van der Waals surface area contributed by atoms with Crippen LogP contribution >= 0.6 is 0 Å². The monoisotopic (exact) mass is 252 g/mol. The molecule has 2 aliphatic carbocycles. The molecule has 2 nitrogen and oxygen atoms in total. The summed E-state index contributed by atoms with van der Waals surface area (Å²) in [6.07, 6.45) is 10.1.